The Morgan fingerprint density at radius 1 is 0.971 bits per heavy atom. The molecule has 1 N–H and O–H groups in total. The van der Waals surface area contributed by atoms with Crippen LogP contribution < -0.4 is 20.8 Å². The number of rotatable bonds is 6. The first-order chi connectivity index (χ1) is 16.6. The molecular weight excluding hydrogens is 430 g/mol. The lowest BCUT2D eigenvalue weighted by Crippen LogP contribution is -2.47. The van der Waals surface area contributed by atoms with Crippen molar-refractivity contribution in [1.29, 1.82) is 0 Å². The molecule has 9 heteroatoms. The number of benzene rings is 2. The van der Waals surface area contributed by atoms with Crippen LogP contribution in [0.25, 0.3) is 5.65 Å². The van der Waals surface area contributed by atoms with Crippen LogP contribution >= 0.6 is 0 Å². The van der Waals surface area contributed by atoms with Gasteiger partial charge in [0.1, 0.15) is 6.54 Å². The molecule has 0 atom stereocenters. The van der Waals surface area contributed by atoms with Gasteiger partial charge >= 0.3 is 5.69 Å². The fourth-order valence-corrected chi connectivity index (χ4v) is 4.18. The van der Waals surface area contributed by atoms with Crippen molar-refractivity contribution in [3.8, 4) is 0 Å². The van der Waals surface area contributed by atoms with Crippen LogP contribution in [0.15, 0.2) is 71.8 Å². The summed E-state index contributed by atoms with van der Waals surface area (Å²) >= 11 is 0. The third kappa shape index (κ3) is 4.50. The van der Waals surface area contributed by atoms with Crippen LogP contribution in [0.4, 0.5) is 11.5 Å². The van der Waals surface area contributed by atoms with Gasteiger partial charge in [-0.05, 0) is 24.6 Å². The van der Waals surface area contributed by atoms with Crippen molar-refractivity contribution in [2.24, 2.45) is 0 Å². The Balaban J connectivity index is 1.28. The summed E-state index contributed by atoms with van der Waals surface area (Å²) < 4.78 is 2.66. The second-order valence-electron chi connectivity index (χ2n) is 8.46. The van der Waals surface area contributed by atoms with Gasteiger partial charge in [-0.1, -0.05) is 48.0 Å². The molecule has 0 spiro atoms. The molecule has 1 fully saturated rings. The average Bonchev–Trinajstić information content (AvgIpc) is 3.19. The minimum absolute atomic E-state index is 0.145. The summed E-state index contributed by atoms with van der Waals surface area (Å²) in [5.41, 5.74) is 3.48. The maximum atomic E-state index is 12.9. The van der Waals surface area contributed by atoms with E-state index < -0.39 is 0 Å². The van der Waals surface area contributed by atoms with Gasteiger partial charge in [-0.15, -0.1) is 5.10 Å². The number of hydrogen-bond donors (Lipinski definition) is 1. The van der Waals surface area contributed by atoms with E-state index in [0.717, 1.165) is 37.3 Å². The summed E-state index contributed by atoms with van der Waals surface area (Å²) in [6.07, 6.45) is 3.20. The molecule has 5 rings (SSSR count). The van der Waals surface area contributed by atoms with Crippen LogP contribution in [0.3, 0.4) is 0 Å². The molecule has 0 bridgehead atoms. The van der Waals surface area contributed by atoms with E-state index in [9.17, 15) is 9.59 Å². The smallest absolute Gasteiger partial charge is 0.350 e. The molecule has 1 aliphatic rings. The Hall–Kier alpha value is -4.14. The normalized spacial score (nSPS) is 13.9. The third-order valence-corrected chi connectivity index (χ3v) is 6.09. The fraction of sp³-hybridized carbons (Fsp3) is 0.280. The Morgan fingerprint density at radius 2 is 1.68 bits per heavy atom. The Labute approximate surface area is 197 Å². The van der Waals surface area contributed by atoms with Crippen LogP contribution in [0.5, 0.6) is 0 Å². The number of nitrogens with one attached hydrogen (secondary N) is 1. The van der Waals surface area contributed by atoms with Gasteiger partial charge in [-0.25, -0.2) is 18.9 Å². The molecule has 2 aromatic heterocycles. The molecule has 2 aromatic carbocycles. The van der Waals surface area contributed by atoms with Crippen molar-refractivity contribution >= 4 is 23.1 Å². The van der Waals surface area contributed by atoms with Gasteiger partial charge in [-0.3, -0.25) is 4.79 Å². The number of amides is 1. The van der Waals surface area contributed by atoms with E-state index in [-0.39, 0.29) is 18.1 Å². The highest BCUT2D eigenvalue weighted by Crippen LogP contribution is 2.21. The molecular formula is C25H27N7O2. The van der Waals surface area contributed by atoms with Gasteiger partial charge in [0, 0.05) is 50.8 Å². The van der Waals surface area contributed by atoms with Crippen LogP contribution in [0.1, 0.15) is 11.1 Å². The maximum absolute atomic E-state index is 12.9. The predicted molar refractivity (Wildman–Crippen MR) is 131 cm³/mol. The lowest BCUT2D eigenvalue weighted by molar-refractivity contribution is -0.122. The second-order valence-corrected chi connectivity index (χ2v) is 8.46. The first-order valence-electron chi connectivity index (χ1n) is 11.4. The zero-order chi connectivity index (χ0) is 23.5. The SMILES string of the molecule is Cc1ccc(CNC(=O)Cn2nc3c(N4CCN(c5ccccc5)CC4)nccn3c2=O)cc1. The standard InChI is InChI=1S/C25H27N7O2/c1-19-7-9-20(10-8-19)17-27-22(33)18-32-25(34)31-12-11-26-23(24(31)28-32)30-15-13-29(14-16-30)21-5-3-2-4-6-21/h2-12H,13-18H2,1H3,(H,27,33). The molecule has 1 aliphatic heterocycles. The quantitative estimate of drug-likeness (QED) is 0.476. The van der Waals surface area contributed by atoms with Gasteiger partial charge in [0.25, 0.3) is 0 Å². The number of piperazine rings is 1. The number of para-hydroxylation sites is 1. The Bertz CT molecular complexity index is 1340. The molecule has 174 valence electrons. The largest absolute Gasteiger partial charge is 0.368 e. The summed E-state index contributed by atoms with van der Waals surface area (Å²) in [5.74, 6) is 0.392. The highest BCUT2D eigenvalue weighted by atomic mass is 16.2. The topological polar surface area (TPSA) is 87.8 Å². The Kier molecular flexibility index (Phi) is 5.99. The van der Waals surface area contributed by atoms with Crippen molar-refractivity contribution in [2.75, 3.05) is 36.0 Å². The number of aryl methyl sites for hydroxylation is 1. The van der Waals surface area contributed by atoms with Gasteiger partial charge in [0.15, 0.2) is 5.82 Å². The molecule has 3 heterocycles. The number of carbonyl (C=O) groups is 1. The summed E-state index contributed by atoms with van der Waals surface area (Å²) in [5, 5.41) is 7.32. The summed E-state index contributed by atoms with van der Waals surface area (Å²) in [6.45, 7) is 5.50. The molecule has 0 unspecified atom stereocenters. The van der Waals surface area contributed by atoms with Crippen molar-refractivity contribution in [3.05, 3.63) is 88.6 Å². The first kappa shape index (κ1) is 21.7. The van der Waals surface area contributed by atoms with E-state index in [1.165, 1.54) is 14.8 Å². The second kappa shape index (κ2) is 9.38. The zero-order valence-corrected chi connectivity index (χ0v) is 19.1. The molecule has 0 saturated carbocycles. The van der Waals surface area contributed by atoms with Crippen LogP contribution in [-0.2, 0) is 17.9 Å². The Morgan fingerprint density at radius 3 is 2.41 bits per heavy atom. The lowest BCUT2D eigenvalue weighted by atomic mass is 10.1. The fourth-order valence-electron chi connectivity index (χ4n) is 4.18. The summed E-state index contributed by atoms with van der Waals surface area (Å²) in [7, 11) is 0. The van der Waals surface area contributed by atoms with Crippen molar-refractivity contribution in [2.45, 2.75) is 20.0 Å². The molecule has 0 radical (unpaired) electrons. The highest BCUT2D eigenvalue weighted by molar-refractivity contribution is 5.75. The highest BCUT2D eigenvalue weighted by Gasteiger charge is 2.22. The number of anilines is 2. The van der Waals surface area contributed by atoms with Gasteiger partial charge < -0.3 is 15.1 Å². The number of aromatic nitrogens is 4. The number of fused-ring (bicyclic) bond motifs is 1. The van der Waals surface area contributed by atoms with Crippen LogP contribution in [0.2, 0.25) is 0 Å². The van der Waals surface area contributed by atoms with Crippen molar-refractivity contribution < 1.29 is 4.79 Å². The minimum atomic E-state index is -0.355. The lowest BCUT2D eigenvalue weighted by Gasteiger charge is -2.36. The minimum Gasteiger partial charge on any atom is -0.368 e. The number of carbonyl (C=O) groups excluding carboxylic acids is 1. The molecule has 9 nitrogen and oxygen atoms in total. The first-order valence-corrected chi connectivity index (χ1v) is 11.4. The van der Waals surface area contributed by atoms with Gasteiger partial charge in [0.05, 0.1) is 0 Å². The molecule has 4 aromatic rings. The number of hydrogen-bond acceptors (Lipinski definition) is 6. The maximum Gasteiger partial charge on any atom is 0.350 e. The van der Waals surface area contributed by atoms with E-state index >= 15 is 0 Å². The van der Waals surface area contributed by atoms with E-state index in [1.54, 1.807) is 12.4 Å². The van der Waals surface area contributed by atoms with E-state index in [2.05, 4.69) is 37.3 Å². The zero-order valence-electron chi connectivity index (χ0n) is 19.1. The summed E-state index contributed by atoms with van der Waals surface area (Å²) in [6, 6.07) is 18.3. The van der Waals surface area contributed by atoms with Crippen LogP contribution in [0, 0.1) is 6.92 Å². The average molecular weight is 458 g/mol. The molecule has 1 amide bonds. The number of nitrogens with zero attached hydrogens (tertiary/aromatic N) is 6. The summed E-state index contributed by atoms with van der Waals surface area (Å²) in [4.78, 5) is 34.4. The van der Waals surface area contributed by atoms with Crippen molar-refractivity contribution in [3.63, 3.8) is 0 Å². The van der Waals surface area contributed by atoms with Crippen molar-refractivity contribution in [1.82, 2.24) is 24.5 Å². The van der Waals surface area contributed by atoms with E-state index in [0.29, 0.717) is 18.0 Å². The predicted octanol–water partition coefficient (Wildman–Crippen LogP) is 1.84. The van der Waals surface area contributed by atoms with Crippen LogP contribution in [-0.4, -0.2) is 51.3 Å². The van der Waals surface area contributed by atoms with Gasteiger partial charge in [0.2, 0.25) is 11.6 Å². The molecule has 34 heavy (non-hydrogen) atoms. The molecule has 0 aliphatic carbocycles. The van der Waals surface area contributed by atoms with E-state index in [4.69, 9.17) is 0 Å². The third-order valence-electron chi connectivity index (χ3n) is 6.09. The molecule has 1 saturated heterocycles. The monoisotopic (exact) mass is 457 g/mol. The van der Waals surface area contributed by atoms with Gasteiger partial charge in [-0.2, -0.15) is 0 Å². The van der Waals surface area contributed by atoms with E-state index in [1.807, 2.05) is 49.4 Å².